The summed E-state index contributed by atoms with van der Waals surface area (Å²) in [7, 11) is 4.05. The highest BCUT2D eigenvalue weighted by atomic mass is 16.4. The average molecular weight is 449 g/mol. The topological polar surface area (TPSA) is 102 Å². The molecule has 172 valence electrons. The smallest absolute Gasteiger partial charge is 0.317 e. The van der Waals surface area contributed by atoms with Crippen molar-refractivity contribution in [2.45, 2.75) is 12.5 Å². The fraction of sp³-hybridized carbons (Fsp3) is 0.375. The maximum atomic E-state index is 12.8. The Morgan fingerprint density at radius 3 is 2.58 bits per heavy atom. The SMILES string of the molecule is CN(C)C(CNC(=O)N1CCN(c2oc(-c3ccco3)nc2C#N)CC1)Cc1ccccc1. The number of piperazine rings is 1. The number of hydrogen-bond acceptors (Lipinski definition) is 7. The monoisotopic (exact) mass is 448 g/mol. The minimum Gasteiger partial charge on any atom is -0.459 e. The van der Waals surface area contributed by atoms with E-state index < -0.39 is 0 Å². The van der Waals surface area contributed by atoms with Gasteiger partial charge in [-0.2, -0.15) is 10.2 Å². The third-order valence-electron chi connectivity index (χ3n) is 5.83. The summed E-state index contributed by atoms with van der Waals surface area (Å²) in [5.74, 6) is 1.17. The van der Waals surface area contributed by atoms with Gasteiger partial charge < -0.3 is 28.9 Å². The zero-order valence-corrected chi connectivity index (χ0v) is 18.9. The molecule has 2 amide bonds. The van der Waals surface area contributed by atoms with Gasteiger partial charge in [0, 0.05) is 38.8 Å². The second-order valence-corrected chi connectivity index (χ2v) is 8.23. The molecule has 1 unspecified atom stereocenters. The lowest BCUT2D eigenvalue weighted by Crippen LogP contribution is -2.53. The lowest BCUT2D eigenvalue weighted by atomic mass is 10.1. The lowest BCUT2D eigenvalue weighted by Gasteiger charge is -2.35. The molecule has 0 saturated carbocycles. The van der Waals surface area contributed by atoms with E-state index in [1.165, 1.54) is 11.8 Å². The van der Waals surface area contributed by atoms with Crippen molar-refractivity contribution in [3.05, 3.63) is 60.0 Å². The zero-order chi connectivity index (χ0) is 23.2. The maximum absolute atomic E-state index is 12.8. The number of carbonyl (C=O) groups excluding carboxylic acids is 1. The summed E-state index contributed by atoms with van der Waals surface area (Å²) in [4.78, 5) is 22.9. The number of rotatable bonds is 7. The van der Waals surface area contributed by atoms with Crippen LogP contribution in [0.3, 0.4) is 0 Å². The molecule has 9 heteroatoms. The molecule has 0 bridgehead atoms. The molecule has 1 N–H and O–H groups in total. The summed E-state index contributed by atoms with van der Waals surface area (Å²) in [5, 5.41) is 12.5. The van der Waals surface area contributed by atoms with Gasteiger partial charge >= 0.3 is 6.03 Å². The Bertz CT molecular complexity index is 1080. The van der Waals surface area contributed by atoms with Crippen LogP contribution in [0.5, 0.6) is 0 Å². The minimum atomic E-state index is -0.0797. The van der Waals surface area contributed by atoms with Crippen molar-refractivity contribution in [3.8, 4) is 17.7 Å². The predicted molar refractivity (Wildman–Crippen MR) is 124 cm³/mol. The van der Waals surface area contributed by atoms with Gasteiger partial charge in [0.05, 0.1) is 6.26 Å². The highest BCUT2D eigenvalue weighted by Gasteiger charge is 2.27. The molecule has 0 aliphatic carbocycles. The van der Waals surface area contributed by atoms with E-state index in [1.807, 2.05) is 37.2 Å². The van der Waals surface area contributed by atoms with Crippen LogP contribution in [0.15, 0.2) is 57.6 Å². The quantitative estimate of drug-likeness (QED) is 0.593. The Hall–Kier alpha value is -3.77. The van der Waals surface area contributed by atoms with E-state index in [0.29, 0.717) is 44.4 Å². The fourth-order valence-electron chi connectivity index (χ4n) is 3.86. The average Bonchev–Trinajstić information content (AvgIpc) is 3.52. The van der Waals surface area contributed by atoms with E-state index in [-0.39, 0.29) is 23.7 Å². The van der Waals surface area contributed by atoms with Crippen molar-refractivity contribution >= 4 is 11.9 Å². The molecule has 1 aromatic carbocycles. The number of amides is 2. The zero-order valence-electron chi connectivity index (χ0n) is 18.9. The minimum absolute atomic E-state index is 0.0797. The lowest BCUT2D eigenvalue weighted by molar-refractivity contribution is 0.188. The molecule has 1 atom stereocenters. The van der Waals surface area contributed by atoms with E-state index in [2.05, 4.69) is 33.4 Å². The van der Waals surface area contributed by atoms with E-state index in [1.54, 1.807) is 17.0 Å². The molecule has 0 spiro atoms. The summed E-state index contributed by atoms with van der Waals surface area (Å²) in [5.41, 5.74) is 1.46. The molecule has 0 radical (unpaired) electrons. The van der Waals surface area contributed by atoms with Crippen LogP contribution < -0.4 is 10.2 Å². The van der Waals surface area contributed by atoms with E-state index in [0.717, 1.165) is 6.42 Å². The van der Waals surface area contributed by atoms with Crippen LogP contribution in [-0.2, 0) is 6.42 Å². The number of carbonyl (C=O) groups is 1. The first kappa shape index (κ1) is 22.4. The summed E-state index contributed by atoms with van der Waals surface area (Å²) in [6, 6.07) is 16.0. The number of nitrogens with one attached hydrogen (secondary N) is 1. The Labute approximate surface area is 193 Å². The van der Waals surface area contributed by atoms with Gasteiger partial charge in [0.25, 0.3) is 5.89 Å². The number of aromatic nitrogens is 1. The van der Waals surface area contributed by atoms with Crippen molar-refractivity contribution in [2.75, 3.05) is 51.7 Å². The van der Waals surface area contributed by atoms with Gasteiger partial charge in [-0.3, -0.25) is 0 Å². The van der Waals surface area contributed by atoms with Gasteiger partial charge in [-0.05, 0) is 38.2 Å². The van der Waals surface area contributed by atoms with Crippen molar-refractivity contribution in [1.82, 2.24) is 20.1 Å². The molecular weight excluding hydrogens is 420 g/mol. The Balaban J connectivity index is 1.31. The van der Waals surface area contributed by atoms with Crippen LogP contribution in [0.2, 0.25) is 0 Å². The summed E-state index contributed by atoms with van der Waals surface area (Å²) in [6.45, 7) is 2.72. The van der Waals surface area contributed by atoms with Crippen LogP contribution in [-0.4, -0.2) is 73.7 Å². The molecule has 1 saturated heterocycles. The van der Waals surface area contributed by atoms with Crippen LogP contribution in [0.4, 0.5) is 10.7 Å². The molecule has 33 heavy (non-hydrogen) atoms. The first-order valence-corrected chi connectivity index (χ1v) is 11.0. The third kappa shape index (κ3) is 5.35. The number of likely N-dealkylation sites (N-methyl/N-ethyl adjacent to an activating group) is 1. The Morgan fingerprint density at radius 1 is 1.18 bits per heavy atom. The third-order valence-corrected chi connectivity index (χ3v) is 5.83. The summed E-state index contributed by atoms with van der Waals surface area (Å²) in [6.07, 6.45) is 2.39. The van der Waals surface area contributed by atoms with Crippen molar-refractivity contribution < 1.29 is 13.6 Å². The van der Waals surface area contributed by atoms with Gasteiger partial charge in [-0.15, -0.1) is 0 Å². The number of urea groups is 1. The summed E-state index contributed by atoms with van der Waals surface area (Å²) < 4.78 is 11.1. The largest absolute Gasteiger partial charge is 0.459 e. The normalized spacial score (nSPS) is 14.8. The number of hydrogen-bond donors (Lipinski definition) is 1. The van der Waals surface area contributed by atoms with Gasteiger partial charge in [-0.25, -0.2) is 4.79 Å². The van der Waals surface area contributed by atoms with Crippen LogP contribution >= 0.6 is 0 Å². The Morgan fingerprint density at radius 2 is 1.94 bits per heavy atom. The molecule has 3 heterocycles. The van der Waals surface area contributed by atoms with Gasteiger partial charge in [-0.1, -0.05) is 30.3 Å². The summed E-state index contributed by atoms with van der Waals surface area (Å²) >= 11 is 0. The molecule has 1 aliphatic heterocycles. The number of nitrogens with zero attached hydrogens (tertiary/aromatic N) is 5. The number of anilines is 1. The number of oxazole rings is 1. The first-order chi connectivity index (χ1) is 16.0. The van der Waals surface area contributed by atoms with Crippen LogP contribution in [0, 0.1) is 11.3 Å². The molecular formula is C24H28N6O3. The molecule has 1 aliphatic rings. The number of benzene rings is 1. The van der Waals surface area contributed by atoms with Gasteiger partial charge in [0.1, 0.15) is 6.07 Å². The van der Waals surface area contributed by atoms with Crippen molar-refractivity contribution in [3.63, 3.8) is 0 Å². The first-order valence-electron chi connectivity index (χ1n) is 11.0. The fourth-order valence-corrected chi connectivity index (χ4v) is 3.86. The maximum Gasteiger partial charge on any atom is 0.317 e. The molecule has 1 fully saturated rings. The van der Waals surface area contributed by atoms with E-state index >= 15 is 0 Å². The van der Waals surface area contributed by atoms with Crippen LogP contribution in [0.25, 0.3) is 11.7 Å². The van der Waals surface area contributed by atoms with Gasteiger partial charge in [0.15, 0.2) is 5.76 Å². The van der Waals surface area contributed by atoms with Crippen LogP contribution in [0.1, 0.15) is 11.3 Å². The molecule has 2 aromatic heterocycles. The molecule has 9 nitrogen and oxygen atoms in total. The van der Waals surface area contributed by atoms with Crippen molar-refractivity contribution in [1.29, 1.82) is 5.26 Å². The number of nitriles is 1. The standard InChI is InChI=1S/C24H28N6O3/c1-28(2)19(15-18-7-4-3-5-8-18)17-26-24(31)30-12-10-29(11-13-30)23-20(16-25)27-22(33-23)21-9-6-14-32-21/h3-9,14,19H,10-13,15,17H2,1-2H3,(H,26,31). The Kier molecular flexibility index (Phi) is 6.95. The predicted octanol–water partition coefficient (Wildman–Crippen LogP) is 2.81. The van der Waals surface area contributed by atoms with Gasteiger partial charge in [0.2, 0.25) is 11.6 Å². The second-order valence-electron chi connectivity index (χ2n) is 8.23. The second kappa shape index (κ2) is 10.2. The van der Waals surface area contributed by atoms with E-state index in [9.17, 15) is 10.1 Å². The molecule has 4 rings (SSSR count). The highest BCUT2D eigenvalue weighted by molar-refractivity contribution is 5.74. The molecule has 3 aromatic rings. The highest BCUT2D eigenvalue weighted by Crippen LogP contribution is 2.29. The van der Waals surface area contributed by atoms with Crippen molar-refractivity contribution in [2.24, 2.45) is 0 Å². The number of furan rings is 1. The van der Waals surface area contributed by atoms with E-state index in [4.69, 9.17) is 8.83 Å².